The largest absolute Gasteiger partial charge is 0.416 e. The number of hydrogen-bond acceptors (Lipinski definition) is 3. The second-order valence-corrected chi connectivity index (χ2v) is 7.38. The van der Waals surface area contributed by atoms with Gasteiger partial charge in [0.15, 0.2) is 0 Å². The van der Waals surface area contributed by atoms with Crippen molar-refractivity contribution in [1.29, 1.82) is 0 Å². The highest BCUT2D eigenvalue weighted by molar-refractivity contribution is 8.23. The van der Waals surface area contributed by atoms with E-state index >= 15 is 0 Å². The van der Waals surface area contributed by atoms with E-state index in [-0.39, 0.29) is 5.69 Å². The Morgan fingerprint density at radius 1 is 1.12 bits per heavy atom. The first kappa shape index (κ1) is 20.3. The van der Waals surface area contributed by atoms with Crippen LogP contribution in [0, 0.1) is 0 Å². The number of carbonyl (C=O) groups excluding carboxylic acids is 1. The molecule has 0 aliphatic rings. The molecule has 1 atom stereocenters. The van der Waals surface area contributed by atoms with Gasteiger partial charge in [0.1, 0.15) is 9.57 Å². The third-order valence-electron chi connectivity index (χ3n) is 3.38. The van der Waals surface area contributed by atoms with Crippen molar-refractivity contribution in [3.63, 3.8) is 0 Å². The Bertz CT molecular complexity index is 780. The van der Waals surface area contributed by atoms with E-state index in [0.717, 1.165) is 12.1 Å². The maximum Gasteiger partial charge on any atom is 0.416 e. The number of benzene rings is 2. The number of anilines is 1. The quantitative estimate of drug-likeness (QED) is 0.738. The van der Waals surface area contributed by atoms with Crippen LogP contribution in [-0.4, -0.2) is 29.2 Å². The van der Waals surface area contributed by atoms with Gasteiger partial charge >= 0.3 is 6.18 Å². The number of alkyl halides is 3. The predicted molar refractivity (Wildman–Crippen MR) is 103 cm³/mol. The summed E-state index contributed by atoms with van der Waals surface area (Å²) in [4.78, 5) is 14.4. The standard InChI is InChI=1S/C18H17F3N2OS2/c1-23(2)17(25)26-15(12-7-4-3-5-8-12)16(24)22-14-10-6-9-13(11-14)18(19,20)21/h3-11,15H,1-2H3,(H,22,24)/t15-/m0/s1. The number of nitrogens with one attached hydrogen (secondary N) is 1. The van der Waals surface area contributed by atoms with Crippen molar-refractivity contribution in [3.05, 3.63) is 65.7 Å². The fraction of sp³-hybridized carbons (Fsp3) is 0.222. The molecule has 2 aromatic rings. The van der Waals surface area contributed by atoms with Crippen LogP contribution < -0.4 is 5.32 Å². The van der Waals surface area contributed by atoms with Crippen LogP contribution in [0.15, 0.2) is 54.6 Å². The molecule has 1 N–H and O–H groups in total. The van der Waals surface area contributed by atoms with E-state index in [4.69, 9.17) is 12.2 Å². The first-order chi connectivity index (χ1) is 12.2. The van der Waals surface area contributed by atoms with Crippen LogP contribution in [0.4, 0.5) is 18.9 Å². The van der Waals surface area contributed by atoms with Gasteiger partial charge in [0, 0.05) is 19.8 Å². The number of rotatable bonds is 4. The van der Waals surface area contributed by atoms with Gasteiger partial charge in [-0.1, -0.05) is 60.4 Å². The number of hydrogen-bond donors (Lipinski definition) is 1. The Morgan fingerprint density at radius 2 is 1.77 bits per heavy atom. The minimum Gasteiger partial charge on any atom is -0.364 e. The summed E-state index contributed by atoms with van der Waals surface area (Å²) in [5.74, 6) is -0.440. The number of carbonyl (C=O) groups is 1. The molecule has 0 saturated carbocycles. The van der Waals surface area contributed by atoms with Crippen molar-refractivity contribution in [2.24, 2.45) is 0 Å². The highest BCUT2D eigenvalue weighted by Gasteiger charge is 2.31. The third kappa shape index (κ3) is 5.47. The Balaban J connectivity index is 2.25. The first-order valence-corrected chi connectivity index (χ1v) is 8.88. The van der Waals surface area contributed by atoms with Crippen molar-refractivity contribution >= 4 is 39.9 Å². The normalized spacial score (nSPS) is 12.3. The smallest absolute Gasteiger partial charge is 0.364 e. The molecule has 3 nitrogen and oxygen atoms in total. The summed E-state index contributed by atoms with van der Waals surface area (Å²) in [5.41, 5.74) is -0.0173. The highest BCUT2D eigenvalue weighted by atomic mass is 32.2. The Kier molecular flexibility index (Phi) is 6.66. The summed E-state index contributed by atoms with van der Waals surface area (Å²) in [6, 6.07) is 13.5. The zero-order chi connectivity index (χ0) is 19.3. The number of thiocarbonyl (C=S) groups is 1. The topological polar surface area (TPSA) is 32.3 Å². The Morgan fingerprint density at radius 3 is 2.35 bits per heavy atom. The monoisotopic (exact) mass is 398 g/mol. The highest BCUT2D eigenvalue weighted by Crippen LogP contribution is 2.34. The molecule has 0 radical (unpaired) electrons. The van der Waals surface area contributed by atoms with Crippen molar-refractivity contribution in [3.8, 4) is 0 Å². The molecule has 0 spiro atoms. The van der Waals surface area contributed by atoms with Gasteiger partial charge in [-0.15, -0.1) is 0 Å². The van der Waals surface area contributed by atoms with E-state index in [1.165, 1.54) is 23.9 Å². The fourth-order valence-corrected chi connectivity index (χ4v) is 3.25. The maximum absolute atomic E-state index is 12.9. The number of halogens is 3. The molecule has 0 saturated heterocycles. The van der Waals surface area contributed by atoms with E-state index in [1.54, 1.807) is 43.3 Å². The van der Waals surface area contributed by atoms with Gasteiger partial charge in [-0.2, -0.15) is 13.2 Å². The van der Waals surface area contributed by atoms with Crippen LogP contribution in [0.3, 0.4) is 0 Å². The van der Waals surface area contributed by atoms with Gasteiger partial charge in [-0.3, -0.25) is 4.79 Å². The lowest BCUT2D eigenvalue weighted by Crippen LogP contribution is -2.24. The zero-order valence-corrected chi connectivity index (χ0v) is 15.7. The zero-order valence-electron chi connectivity index (χ0n) is 14.1. The summed E-state index contributed by atoms with van der Waals surface area (Å²) in [6.45, 7) is 0. The van der Waals surface area contributed by atoms with Gasteiger partial charge < -0.3 is 10.2 Å². The van der Waals surface area contributed by atoms with Crippen molar-refractivity contribution < 1.29 is 18.0 Å². The molecule has 26 heavy (non-hydrogen) atoms. The summed E-state index contributed by atoms with van der Waals surface area (Å²) in [7, 11) is 3.53. The second kappa shape index (κ2) is 8.55. The molecule has 0 unspecified atom stereocenters. The minimum atomic E-state index is -4.47. The molecule has 2 rings (SSSR count). The van der Waals surface area contributed by atoms with Crippen LogP contribution in [0.5, 0.6) is 0 Å². The number of nitrogens with zero attached hydrogens (tertiary/aromatic N) is 1. The molecule has 0 aliphatic carbocycles. The summed E-state index contributed by atoms with van der Waals surface area (Å²) in [6.07, 6.45) is -4.47. The van der Waals surface area contributed by atoms with E-state index in [9.17, 15) is 18.0 Å². The summed E-state index contributed by atoms with van der Waals surface area (Å²) >= 11 is 6.43. The second-order valence-electron chi connectivity index (χ2n) is 5.64. The molecule has 0 aliphatic heterocycles. The van der Waals surface area contributed by atoms with E-state index in [2.05, 4.69) is 5.32 Å². The van der Waals surface area contributed by atoms with Crippen molar-refractivity contribution in [2.45, 2.75) is 11.4 Å². The molecule has 138 valence electrons. The van der Waals surface area contributed by atoms with Crippen LogP contribution in [0.2, 0.25) is 0 Å². The first-order valence-electron chi connectivity index (χ1n) is 7.59. The van der Waals surface area contributed by atoms with E-state index in [0.29, 0.717) is 9.88 Å². The van der Waals surface area contributed by atoms with Gasteiger partial charge in [0.2, 0.25) is 5.91 Å². The van der Waals surface area contributed by atoms with Crippen LogP contribution in [0.25, 0.3) is 0 Å². The molecule has 2 aromatic carbocycles. The van der Waals surface area contributed by atoms with Gasteiger partial charge in [0.05, 0.1) is 5.56 Å². The SMILES string of the molecule is CN(C)C(=S)S[C@H](C(=O)Nc1cccc(C(F)(F)F)c1)c1ccccc1. The molecule has 1 amide bonds. The van der Waals surface area contributed by atoms with Crippen molar-refractivity contribution in [1.82, 2.24) is 4.90 Å². The Hall–Kier alpha value is -2.06. The van der Waals surface area contributed by atoms with Gasteiger partial charge in [-0.25, -0.2) is 0 Å². The molecule has 8 heteroatoms. The van der Waals surface area contributed by atoms with Gasteiger partial charge in [0.25, 0.3) is 0 Å². The summed E-state index contributed by atoms with van der Waals surface area (Å²) < 4.78 is 39.0. The lowest BCUT2D eigenvalue weighted by molar-refractivity contribution is -0.137. The van der Waals surface area contributed by atoms with E-state index < -0.39 is 22.9 Å². The molecular weight excluding hydrogens is 381 g/mol. The van der Waals surface area contributed by atoms with Crippen LogP contribution in [-0.2, 0) is 11.0 Å². The van der Waals surface area contributed by atoms with Crippen molar-refractivity contribution in [2.75, 3.05) is 19.4 Å². The molecule has 0 aromatic heterocycles. The number of thioether (sulfide) groups is 1. The van der Waals surface area contributed by atoms with Crippen LogP contribution in [0.1, 0.15) is 16.4 Å². The van der Waals surface area contributed by atoms with Crippen LogP contribution >= 0.6 is 24.0 Å². The third-order valence-corrected chi connectivity index (χ3v) is 5.32. The lowest BCUT2D eigenvalue weighted by atomic mass is 10.1. The lowest BCUT2D eigenvalue weighted by Gasteiger charge is -2.20. The fourth-order valence-electron chi connectivity index (χ4n) is 2.09. The number of amides is 1. The molecule has 0 fully saturated rings. The Labute approximate surface area is 159 Å². The van der Waals surface area contributed by atoms with E-state index in [1.807, 2.05) is 6.07 Å². The average molecular weight is 398 g/mol. The molecular formula is C18H17F3N2OS2. The minimum absolute atomic E-state index is 0.0853. The van der Waals surface area contributed by atoms with Gasteiger partial charge in [-0.05, 0) is 23.8 Å². The molecule has 0 heterocycles. The maximum atomic E-state index is 12.9. The molecule has 0 bridgehead atoms. The average Bonchev–Trinajstić information content (AvgIpc) is 2.59. The predicted octanol–water partition coefficient (Wildman–Crippen LogP) is 4.96. The summed E-state index contributed by atoms with van der Waals surface area (Å²) in [5, 5.41) is 1.88.